The maximum Gasteiger partial charge on any atom is 0.317 e. The number of primary amides is 1. The third-order valence-corrected chi connectivity index (χ3v) is 3.11. The number of nitrogens with two attached hydrogens (primary N) is 1. The fraction of sp³-hybridized carbons (Fsp3) is 0.750. The van der Waals surface area contributed by atoms with Gasteiger partial charge in [-0.25, -0.2) is 4.79 Å². The second-order valence-electron chi connectivity index (χ2n) is 5.03. The van der Waals surface area contributed by atoms with Crippen molar-refractivity contribution in [2.45, 2.75) is 25.8 Å². The SMILES string of the molecule is CC(CC(N)=O)NC(=O)N1CCCN(CC(=O)O)CC1. The number of carbonyl (C=O) groups is 3. The Balaban J connectivity index is 2.41. The number of nitrogens with one attached hydrogen (secondary N) is 1. The van der Waals surface area contributed by atoms with Gasteiger partial charge in [-0.1, -0.05) is 0 Å². The molecule has 1 fully saturated rings. The topological polar surface area (TPSA) is 116 Å². The lowest BCUT2D eigenvalue weighted by Crippen LogP contribution is -2.46. The molecule has 114 valence electrons. The Morgan fingerprint density at radius 1 is 1.25 bits per heavy atom. The van der Waals surface area contributed by atoms with Crippen molar-refractivity contribution in [1.29, 1.82) is 0 Å². The number of carboxylic acid groups (broad SMARTS) is 1. The Bertz CT molecular complexity index is 374. The summed E-state index contributed by atoms with van der Waals surface area (Å²) in [6.07, 6.45) is 0.829. The minimum atomic E-state index is -0.863. The molecule has 0 aromatic rings. The van der Waals surface area contributed by atoms with Gasteiger partial charge in [-0.05, 0) is 13.3 Å². The van der Waals surface area contributed by atoms with Crippen LogP contribution in [-0.4, -0.2) is 71.6 Å². The smallest absolute Gasteiger partial charge is 0.317 e. The number of carbonyl (C=O) groups excluding carboxylic acids is 2. The number of hydrogen-bond acceptors (Lipinski definition) is 4. The van der Waals surface area contributed by atoms with E-state index in [0.29, 0.717) is 26.2 Å². The molecule has 0 spiro atoms. The molecule has 1 heterocycles. The average molecular weight is 286 g/mol. The molecular formula is C12H22N4O4. The Hall–Kier alpha value is -1.83. The van der Waals surface area contributed by atoms with E-state index in [1.54, 1.807) is 11.8 Å². The van der Waals surface area contributed by atoms with Gasteiger partial charge in [0.05, 0.1) is 6.54 Å². The van der Waals surface area contributed by atoms with Crippen LogP contribution in [0.2, 0.25) is 0 Å². The van der Waals surface area contributed by atoms with Crippen LogP contribution in [0.1, 0.15) is 19.8 Å². The molecule has 1 rings (SSSR count). The maximum atomic E-state index is 12.0. The first-order valence-corrected chi connectivity index (χ1v) is 6.66. The molecule has 0 aromatic heterocycles. The van der Waals surface area contributed by atoms with Crippen LogP contribution in [0.15, 0.2) is 0 Å². The maximum absolute atomic E-state index is 12.0. The van der Waals surface area contributed by atoms with Gasteiger partial charge in [-0.2, -0.15) is 0 Å². The number of urea groups is 1. The molecule has 20 heavy (non-hydrogen) atoms. The molecule has 0 radical (unpaired) electrons. The normalized spacial score (nSPS) is 18.1. The number of carboxylic acids is 1. The number of rotatable bonds is 5. The van der Waals surface area contributed by atoms with Crippen LogP contribution in [0, 0.1) is 0 Å². The van der Waals surface area contributed by atoms with Gasteiger partial charge in [0, 0.05) is 38.6 Å². The van der Waals surface area contributed by atoms with Crippen LogP contribution < -0.4 is 11.1 Å². The Morgan fingerprint density at radius 2 is 1.95 bits per heavy atom. The van der Waals surface area contributed by atoms with E-state index in [1.165, 1.54) is 0 Å². The minimum Gasteiger partial charge on any atom is -0.480 e. The molecule has 1 aliphatic rings. The summed E-state index contributed by atoms with van der Waals surface area (Å²) in [5.41, 5.74) is 5.07. The van der Waals surface area contributed by atoms with Crippen LogP contribution in [0.5, 0.6) is 0 Å². The fourth-order valence-electron chi connectivity index (χ4n) is 2.18. The molecule has 8 nitrogen and oxygen atoms in total. The summed E-state index contributed by atoms with van der Waals surface area (Å²) in [4.78, 5) is 36.9. The summed E-state index contributed by atoms with van der Waals surface area (Å²) in [7, 11) is 0. The van der Waals surface area contributed by atoms with Crippen molar-refractivity contribution in [3.63, 3.8) is 0 Å². The number of aliphatic carboxylic acids is 1. The first-order chi connectivity index (χ1) is 9.38. The van der Waals surface area contributed by atoms with Crippen molar-refractivity contribution >= 4 is 17.9 Å². The van der Waals surface area contributed by atoms with Crippen LogP contribution in [0.25, 0.3) is 0 Å². The molecule has 0 aliphatic carbocycles. The fourth-order valence-corrected chi connectivity index (χ4v) is 2.18. The summed E-state index contributed by atoms with van der Waals surface area (Å²) in [6, 6.07) is -0.547. The lowest BCUT2D eigenvalue weighted by molar-refractivity contribution is -0.138. The van der Waals surface area contributed by atoms with E-state index in [2.05, 4.69) is 5.32 Å². The zero-order valence-corrected chi connectivity index (χ0v) is 11.7. The van der Waals surface area contributed by atoms with Crippen LogP contribution >= 0.6 is 0 Å². The van der Waals surface area contributed by atoms with Crippen molar-refractivity contribution in [3.8, 4) is 0 Å². The summed E-state index contributed by atoms with van der Waals surface area (Å²) in [5.74, 6) is -1.32. The Kier molecular flexibility index (Phi) is 6.23. The highest BCUT2D eigenvalue weighted by Crippen LogP contribution is 2.04. The Morgan fingerprint density at radius 3 is 2.55 bits per heavy atom. The third-order valence-electron chi connectivity index (χ3n) is 3.11. The monoisotopic (exact) mass is 286 g/mol. The molecule has 4 N–H and O–H groups in total. The molecule has 8 heteroatoms. The lowest BCUT2D eigenvalue weighted by Gasteiger charge is -2.23. The third kappa shape index (κ3) is 5.87. The molecule has 1 aliphatic heterocycles. The quantitative estimate of drug-likeness (QED) is 0.602. The molecule has 1 atom stereocenters. The highest BCUT2D eigenvalue weighted by molar-refractivity contribution is 5.77. The predicted octanol–water partition coefficient (Wildman–Crippen LogP) is -0.948. The second kappa shape index (κ2) is 7.68. The standard InChI is InChI=1S/C12H22N4O4/c1-9(7-10(13)17)14-12(20)16-4-2-3-15(5-6-16)8-11(18)19/h9H,2-8H2,1H3,(H2,13,17)(H,14,20)(H,18,19). The zero-order valence-electron chi connectivity index (χ0n) is 11.7. The van der Waals surface area contributed by atoms with E-state index in [1.807, 2.05) is 4.90 Å². The van der Waals surface area contributed by atoms with Crippen molar-refractivity contribution in [2.75, 3.05) is 32.7 Å². The first kappa shape index (κ1) is 16.2. The van der Waals surface area contributed by atoms with Gasteiger partial charge in [0.2, 0.25) is 5.91 Å². The molecule has 0 saturated carbocycles. The second-order valence-corrected chi connectivity index (χ2v) is 5.03. The number of nitrogens with zero attached hydrogens (tertiary/aromatic N) is 2. The van der Waals surface area contributed by atoms with Crippen LogP contribution in [-0.2, 0) is 9.59 Å². The van der Waals surface area contributed by atoms with E-state index in [-0.39, 0.29) is 25.0 Å². The van der Waals surface area contributed by atoms with E-state index in [0.717, 1.165) is 6.42 Å². The van der Waals surface area contributed by atoms with Gasteiger partial charge in [-0.3, -0.25) is 14.5 Å². The summed E-state index contributed by atoms with van der Waals surface area (Å²) >= 11 is 0. The highest BCUT2D eigenvalue weighted by Gasteiger charge is 2.21. The van der Waals surface area contributed by atoms with Gasteiger partial charge in [-0.15, -0.1) is 0 Å². The Labute approximate surface area is 117 Å². The minimum absolute atomic E-state index is 0.00641. The molecule has 1 unspecified atom stereocenters. The van der Waals surface area contributed by atoms with Crippen LogP contribution in [0.3, 0.4) is 0 Å². The van der Waals surface area contributed by atoms with Crippen molar-refractivity contribution in [3.05, 3.63) is 0 Å². The average Bonchev–Trinajstić information content (AvgIpc) is 2.52. The first-order valence-electron chi connectivity index (χ1n) is 6.66. The van der Waals surface area contributed by atoms with Gasteiger partial charge < -0.3 is 21.1 Å². The number of amides is 3. The van der Waals surface area contributed by atoms with E-state index >= 15 is 0 Å². The lowest BCUT2D eigenvalue weighted by atomic mass is 10.2. The van der Waals surface area contributed by atoms with Crippen molar-refractivity contribution < 1.29 is 19.5 Å². The summed E-state index contributed by atoms with van der Waals surface area (Å²) in [6.45, 7) is 3.95. The predicted molar refractivity (Wildman–Crippen MR) is 72.1 cm³/mol. The summed E-state index contributed by atoms with van der Waals surface area (Å²) in [5, 5.41) is 11.5. The molecule has 0 bridgehead atoms. The largest absolute Gasteiger partial charge is 0.480 e. The molecular weight excluding hydrogens is 264 g/mol. The van der Waals surface area contributed by atoms with Gasteiger partial charge in [0.1, 0.15) is 0 Å². The van der Waals surface area contributed by atoms with Crippen molar-refractivity contribution in [2.24, 2.45) is 5.73 Å². The van der Waals surface area contributed by atoms with Crippen LogP contribution in [0.4, 0.5) is 4.79 Å². The molecule has 1 saturated heterocycles. The van der Waals surface area contributed by atoms with Gasteiger partial charge in [0.25, 0.3) is 0 Å². The van der Waals surface area contributed by atoms with Crippen molar-refractivity contribution in [1.82, 2.24) is 15.1 Å². The summed E-state index contributed by atoms with van der Waals surface area (Å²) < 4.78 is 0. The van der Waals surface area contributed by atoms with E-state index in [9.17, 15) is 14.4 Å². The van der Waals surface area contributed by atoms with E-state index in [4.69, 9.17) is 10.8 Å². The molecule has 3 amide bonds. The molecule has 0 aromatic carbocycles. The highest BCUT2D eigenvalue weighted by atomic mass is 16.4. The van der Waals surface area contributed by atoms with Gasteiger partial charge >= 0.3 is 12.0 Å². The number of hydrogen-bond donors (Lipinski definition) is 3. The zero-order chi connectivity index (χ0) is 15.1. The van der Waals surface area contributed by atoms with Gasteiger partial charge in [0.15, 0.2) is 0 Å². The van der Waals surface area contributed by atoms with E-state index < -0.39 is 11.9 Å².